The Morgan fingerprint density at radius 1 is 1.14 bits per heavy atom. The summed E-state index contributed by atoms with van der Waals surface area (Å²) >= 11 is 5.90. The van der Waals surface area contributed by atoms with Gasteiger partial charge in [0.25, 0.3) is 0 Å². The summed E-state index contributed by atoms with van der Waals surface area (Å²) in [7, 11) is 0. The SMILES string of the molecule is O=C(Nc1cccc(Cl)c1)C1(C(=O)NC2CCCC2)CC1. The Hall–Kier alpha value is -1.55. The van der Waals surface area contributed by atoms with E-state index in [0.717, 1.165) is 25.7 Å². The molecule has 2 amide bonds. The number of hydrogen-bond donors (Lipinski definition) is 2. The van der Waals surface area contributed by atoms with Crippen LogP contribution in [0.25, 0.3) is 0 Å². The van der Waals surface area contributed by atoms with Gasteiger partial charge in [-0.05, 0) is 43.9 Å². The Labute approximate surface area is 129 Å². The molecule has 5 heteroatoms. The van der Waals surface area contributed by atoms with Gasteiger partial charge in [-0.25, -0.2) is 0 Å². The number of halogens is 1. The van der Waals surface area contributed by atoms with E-state index in [1.54, 1.807) is 24.3 Å². The second-order valence-electron chi connectivity index (χ2n) is 6.00. The number of carbonyl (C=O) groups is 2. The van der Waals surface area contributed by atoms with Gasteiger partial charge in [0.15, 0.2) is 0 Å². The van der Waals surface area contributed by atoms with E-state index in [9.17, 15) is 9.59 Å². The van der Waals surface area contributed by atoms with Crippen LogP contribution in [0, 0.1) is 5.41 Å². The van der Waals surface area contributed by atoms with Gasteiger partial charge in [0.05, 0.1) is 0 Å². The predicted molar refractivity (Wildman–Crippen MR) is 82.1 cm³/mol. The van der Waals surface area contributed by atoms with Crippen molar-refractivity contribution >= 4 is 29.1 Å². The van der Waals surface area contributed by atoms with Crippen molar-refractivity contribution < 1.29 is 9.59 Å². The van der Waals surface area contributed by atoms with Crippen LogP contribution in [0.5, 0.6) is 0 Å². The maximum atomic E-state index is 12.4. The van der Waals surface area contributed by atoms with Gasteiger partial charge in [-0.2, -0.15) is 0 Å². The second-order valence-corrected chi connectivity index (χ2v) is 6.44. The van der Waals surface area contributed by atoms with Crippen LogP contribution < -0.4 is 10.6 Å². The molecule has 2 fully saturated rings. The monoisotopic (exact) mass is 306 g/mol. The molecular weight excluding hydrogens is 288 g/mol. The van der Waals surface area contributed by atoms with Crippen LogP contribution in [-0.4, -0.2) is 17.9 Å². The molecule has 0 unspecified atom stereocenters. The van der Waals surface area contributed by atoms with Crippen molar-refractivity contribution in [3.63, 3.8) is 0 Å². The quantitative estimate of drug-likeness (QED) is 0.840. The van der Waals surface area contributed by atoms with Gasteiger partial charge in [-0.1, -0.05) is 30.5 Å². The molecule has 0 atom stereocenters. The van der Waals surface area contributed by atoms with Gasteiger partial charge in [0.2, 0.25) is 11.8 Å². The molecule has 0 saturated heterocycles. The highest BCUT2D eigenvalue weighted by atomic mass is 35.5. The molecule has 0 spiro atoms. The molecule has 0 aliphatic heterocycles. The van der Waals surface area contributed by atoms with E-state index in [0.29, 0.717) is 23.6 Å². The molecule has 2 aliphatic carbocycles. The first-order valence-electron chi connectivity index (χ1n) is 7.48. The molecule has 2 N–H and O–H groups in total. The molecule has 0 radical (unpaired) electrons. The van der Waals surface area contributed by atoms with Crippen LogP contribution in [0.1, 0.15) is 38.5 Å². The third-order valence-corrected chi connectivity index (χ3v) is 4.63. The van der Waals surface area contributed by atoms with Crippen molar-refractivity contribution in [1.82, 2.24) is 5.32 Å². The molecule has 1 aromatic carbocycles. The van der Waals surface area contributed by atoms with E-state index in [-0.39, 0.29) is 17.9 Å². The zero-order chi connectivity index (χ0) is 14.9. The molecule has 0 aromatic heterocycles. The van der Waals surface area contributed by atoms with Crippen molar-refractivity contribution in [1.29, 1.82) is 0 Å². The van der Waals surface area contributed by atoms with Crippen molar-refractivity contribution in [2.75, 3.05) is 5.32 Å². The predicted octanol–water partition coefficient (Wildman–Crippen LogP) is 3.12. The number of anilines is 1. The summed E-state index contributed by atoms with van der Waals surface area (Å²) in [6.45, 7) is 0. The molecule has 21 heavy (non-hydrogen) atoms. The lowest BCUT2D eigenvalue weighted by Crippen LogP contribution is -2.43. The summed E-state index contributed by atoms with van der Waals surface area (Å²) in [4.78, 5) is 24.8. The van der Waals surface area contributed by atoms with Crippen LogP contribution in [0.3, 0.4) is 0 Å². The topological polar surface area (TPSA) is 58.2 Å². The minimum absolute atomic E-state index is 0.117. The number of amides is 2. The lowest BCUT2D eigenvalue weighted by atomic mass is 10.0. The standard InChI is InChI=1S/C16H19ClN2O2/c17-11-4-3-7-13(10-11)19-15(21)16(8-9-16)14(20)18-12-5-1-2-6-12/h3-4,7,10,12H,1-2,5-6,8-9H2,(H,18,20)(H,19,21). The third-order valence-electron chi connectivity index (χ3n) is 4.39. The van der Waals surface area contributed by atoms with Crippen LogP contribution in [0.2, 0.25) is 5.02 Å². The Kier molecular flexibility index (Phi) is 3.89. The molecule has 3 rings (SSSR count). The number of benzene rings is 1. The summed E-state index contributed by atoms with van der Waals surface area (Å²) in [6.07, 6.45) is 5.62. The van der Waals surface area contributed by atoms with Gasteiger partial charge >= 0.3 is 0 Å². The lowest BCUT2D eigenvalue weighted by molar-refractivity contribution is -0.134. The van der Waals surface area contributed by atoms with Crippen molar-refractivity contribution in [3.8, 4) is 0 Å². The zero-order valence-electron chi connectivity index (χ0n) is 11.8. The molecule has 0 bridgehead atoms. The van der Waals surface area contributed by atoms with Crippen LogP contribution in [-0.2, 0) is 9.59 Å². The largest absolute Gasteiger partial charge is 0.352 e. The first-order valence-corrected chi connectivity index (χ1v) is 7.86. The van der Waals surface area contributed by atoms with Gasteiger partial charge < -0.3 is 10.6 Å². The Morgan fingerprint density at radius 3 is 2.48 bits per heavy atom. The zero-order valence-corrected chi connectivity index (χ0v) is 12.6. The average Bonchev–Trinajstić information content (AvgIpc) is 3.12. The maximum Gasteiger partial charge on any atom is 0.240 e. The number of nitrogens with one attached hydrogen (secondary N) is 2. The second kappa shape index (κ2) is 5.68. The van der Waals surface area contributed by atoms with Gasteiger partial charge in [0.1, 0.15) is 5.41 Å². The molecular formula is C16H19ClN2O2. The number of rotatable bonds is 4. The first kappa shape index (κ1) is 14.4. The lowest BCUT2D eigenvalue weighted by Gasteiger charge is -2.18. The van der Waals surface area contributed by atoms with Crippen molar-refractivity contribution in [2.45, 2.75) is 44.6 Å². The average molecular weight is 307 g/mol. The first-order chi connectivity index (χ1) is 10.1. The minimum Gasteiger partial charge on any atom is -0.352 e. The van der Waals surface area contributed by atoms with Crippen LogP contribution in [0.4, 0.5) is 5.69 Å². The highest BCUT2D eigenvalue weighted by molar-refractivity contribution is 6.31. The molecule has 0 heterocycles. The fraction of sp³-hybridized carbons (Fsp3) is 0.500. The number of carbonyl (C=O) groups excluding carboxylic acids is 2. The van der Waals surface area contributed by atoms with Crippen LogP contribution >= 0.6 is 11.6 Å². The van der Waals surface area contributed by atoms with E-state index in [4.69, 9.17) is 11.6 Å². The fourth-order valence-corrected chi connectivity index (χ4v) is 3.08. The van der Waals surface area contributed by atoms with E-state index in [1.807, 2.05) is 0 Å². The summed E-state index contributed by atoms with van der Waals surface area (Å²) in [5.41, 5.74) is -0.238. The number of hydrogen-bond acceptors (Lipinski definition) is 2. The summed E-state index contributed by atoms with van der Waals surface area (Å²) in [5, 5.41) is 6.40. The highest BCUT2D eigenvalue weighted by Gasteiger charge is 2.56. The molecule has 4 nitrogen and oxygen atoms in total. The Bertz CT molecular complexity index is 563. The van der Waals surface area contributed by atoms with Crippen LogP contribution in [0.15, 0.2) is 24.3 Å². The van der Waals surface area contributed by atoms with E-state index >= 15 is 0 Å². The summed E-state index contributed by atoms with van der Waals surface area (Å²) in [5.74, 6) is -0.339. The summed E-state index contributed by atoms with van der Waals surface area (Å²) < 4.78 is 0. The maximum absolute atomic E-state index is 12.4. The van der Waals surface area contributed by atoms with Gasteiger partial charge in [0, 0.05) is 16.8 Å². The minimum atomic E-state index is -0.870. The summed E-state index contributed by atoms with van der Waals surface area (Å²) in [6, 6.07) is 7.22. The molecule has 2 aliphatic rings. The third kappa shape index (κ3) is 3.05. The normalized spacial score (nSPS) is 20.0. The van der Waals surface area contributed by atoms with Gasteiger partial charge in [-0.3, -0.25) is 9.59 Å². The highest BCUT2D eigenvalue weighted by Crippen LogP contribution is 2.47. The molecule has 2 saturated carbocycles. The smallest absolute Gasteiger partial charge is 0.240 e. The van der Waals surface area contributed by atoms with Gasteiger partial charge in [-0.15, -0.1) is 0 Å². The van der Waals surface area contributed by atoms with E-state index < -0.39 is 5.41 Å². The van der Waals surface area contributed by atoms with E-state index in [2.05, 4.69) is 10.6 Å². The molecule has 112 valence electrons. The fourth-order valence-electron chi connectivity index (χ4n) is 2.89. The molecule has 1 aromatic rings. The van der Waals surface area contributed by atoms with Crippen molar-refractivity contribution in [3.05, 3.63) is 29.3 Å². The van der Waals surface area contributed by atoms with Crippen molar-refractivity contribution in [2.24, 2.45) is 5.41 Å². The Balaban J connectivity index is 1.64. The Morgan fingerprint density at radius 2 is 1.86 bits per heavy atom. The van der Waals surface area contributed by atoms with E-state index in [1.165, 1.54) is 0 Å².